The molecular weight excluding hydrogens is 348 g/mol. The molecular formula is C19H20N4O4. The lowest BCUT2D eigenvalue weighted by Crippen LogP contribution is -2.31. The molecule has 0 radical (unpaired) electrons. The van der Waals surface area contributed by atoms with Crippen LogP contribution in [0, 0.1) is 5.41 Å². The first-order valence-electron chi connectivity index (χ1n) is 9.02. The molecule has 1 unspecified atom stereocenters. The Balaban J connectivity index is 1.64. The highest BCUT2D eigenvalue weighted by molar-refractivity contribution is 6.00. The molecule has 1 atom stereocenters. The van der Waals surface area contributed by atoms with Crippen molar-refractivity contribution in [1.82, 2.24) is 10.3 Å². The van der Waals surface area contributed by atoms with Crippen molar-refractivity contribution in [2.75, 3.05) is 23.8 Å². The Morgan fingerprint density at radius 1 is 1.07 bits per heavy atom. The third-order valence-corrected chi connectivity index (χ3v) is 5.15. The number of aromatic nitrogens is 2. The van der Waals surface area contributed by atoms with Gasteiger partial charge in [0.15, 0.2) is 17.3 Å². The van der Waals surface area contributed by atoms with Gasteiger partial charge in [-0.1, -0.05) is 19.9 Å². The van der Waals surface area contributed by atoms with Gasteiger partial charge in [-0.25, -0.2) is 4.63 Å². The molecule has 0 spiro atoms. The SMILES string of the molecule is CC1(C)CC(=O)C2=C(C1)Nc1nonc1NC2c1ccc2c(c1)OCCO2. The van der Waals surface area contributed by atoms with Crippen molar-refractivity contribution in [2.45, 2.75) is 32.7 Å². The third kappa shape index (κ3) is 2.72. The summed E-state index contributed by atoms with van der Waals surface area (Å²) in [6, 6.07) is 5.37. The van der Waals surface area contributed by atoms with Gasteiger partial charge < -0.3 is 20.1 Å². The van der Waals surface area contributed by atoms with E-state index in [0.29, 0.717) is 48.3 Å². The predicted octanol–water partition coefficient (Wildman–Crippen LogP) is 3.06. The Kier molecular flexibility index (Phi) is 3.43. The van der Waals surface area contributed by atoms with Crippen LogP contribution in [0.15, 0.2) is 34.1 Å². The van der Waals surface area contributed by atoms with Crippen LogP contribution in [0.25, 0.3) is 0 Å². The van der Waals surface area contributed by atoms with Crippen molar-refractivity contribution in [3.05, 3.63) is 35.0 Å². The summed E-state index contributed by atoms with van der Waals surface area (Å²) in [7, 11) is 0. The number of hydrogen-bond donors (Lipinski definition) is 2. The molecule has 3 aliphatic rings. The summed E-state index contributed by atoms with van der Waals surface area (Å²) in [4.78, 5) is 13.1. The first-order valence-corrected chi connectivity index (χ1v) is 9.02. The zero-order valence-electron chi connectivity index (χ0n) is 15.2. The molecule has 140 valence electrons. The second kappa shape index (κ2) is 5.73. The number of fused-ring (bicyclic) bond motifs is 2. The fraction of sp³-hybridized carbons (Fsp3) is 0.421. The van der Waals surface area contributed by atoms with E-state index in [1.807, 2.05) is 18.2 Å². The van der Waals surface area contributed by atoms with Gasteiger partial charge in [-0.3, -0.25) is 4.79 Å². The van der Waals surface area contributed by atoms with E-state index in [1.165, 1.54) is 0 Å². The average Bonchev–Trinajstić information content (AvgIpc) is 2.99. The lowest BCUT2D eigenvalue weighted by molar-refractivity contribution is -0.118. The Morgan fingerprint density at radius 2 is 1.85 bits per heavy atom. The number of Topliss-reactive ketones (excluding diaryl/α,β-unsaturated/α-hetero) is 1. The Bertz CT molecular complexity index is 962. The normalized spacial score (nSPS) is 22.9. The zero-order chi connectivity index (χ0) is 18.6. The number of nitrogens with one attached hydrogen (secondary N) is 2. The molecule has 8 nitrogen and oxygen atoms in total. The second-order valence-corrected chi connectivity index (χ2v) is 7.90. The number of hydrogen-bond acceptors (Lipinski definition) is 8. The molecule has 0 amide bonds. The van der Waals surface area contributed by atoms with Crippen molar-refractivity contribution in [1.29, 1.82) is 0 Å². The summed E-state index contributed by atoms with van der Waals surface area (Å²) in [5.41, 5.74) is 2.35. The summed E-state index contributed by atoms with van der Waals surface area (Å²) >= 11 is 0. The highest BCUT2D eigenvalue weighted by Crippen LogP contribution is 2.45. The van der Waals surface area contributed by atoms with E-state index in [1.54, 1.807) is 0 Å². The van der Waals surface area contributed by atoms with Gasteiger partial charge in [0.2, 0.25) is 11.6 Å². The molecule has 3 heterocycles. The van der Waals surface area contributed by atoms with Crippen LogP contribution >= 0.6 is 0 Å². The molecule has 1 aliphatic carbocycles. The average molecular weight is 368 g/mol. The van der Waals surface area contributed by atoms with E-state index >= 15 is 0 Å². The molecule has 2 N–H and O–H groups in total. The maximum absolute atomic E-state index is 13.1. The number of allylic oxidation sites excluding steroid dienone is 1. The molecule has 0 saturated heterocycles. The minimum Gasteiger partial charge on any atom is -0.486 e. The van der Waals surface area contributed by atoms with Gasteiger partial charge in [0.25, 0.3) is 0 Å². The highest BCUT2D eigenvalue weighted by Gasteiger charge is 2.40. The van der Waals surface area contributed by atoms with Crippen molar-refractivity contribution >= 4 is 17.4 Å². The van der Waals surface area contributed by atoms with E-state index in [9.17, 15) is 4.79 Å². The standard InChI is InChI=1S/C19H20N4O4/c1-19(2)8-11-15(12(24)9-19)16(21-18-17(20-11)22-27-23-18)10-3-4-13-14(7-10)26-6-5-25-13/h3-4,7,16H,5-6,8-9H2,1-2H3,(H,20,22)(H,21,23). The molecule has 27 heavy (non-hydrogen) atoms. The first-order chi connectivity index (χ1) is 13.0. The number of carbonyl (C=O) groups excluding carboxylic acids is 1. The Labute approximate surface area is 155 Å². The molecule has 2 aromatic rings. The monoisotopic (exact) mass is 368 g/mol. The van der Waals surface area contributed by atoms with Crippen molar-refractivity contribution < 1.29 is 18.9 Å². The Morgan fingerprint density at radius 3 is 2.70 bits per heavy atom. The number of anilines is 2. The minimum absolute atomic E-state index is 0.114. The van der Waals surface area contributed by atoms with E-state index in [4.69, 9.17) is 14.1 Å². The lowest BCUT2D eigenvalue weighted by atomic mass is 9.73. The van der Waals surface area contributed by atoms with Crippen LogP contribution in [0.4, 0.5) is 11.6 Å². The fourth-order valence-corrected chi connectivity index (χ4v) is 3.99. The van der Waals surface area contributed by atoms with E-state index in [2.05, 4.69) is 34.8 Å². The predicted molar refractivity (Wildman–Crippen MR) is 96.8 cm³/mol. The van der Waals surface area contributed by atoms with Crippen molar-refractivity contribution in [3.63, 3.8) is 0 Å². The molecule has 5 rings (SSSR count). The third-order valence-electron chi connectivity index (χ3n) is 5.15. The van der Waals surface area contributed by atoms with Crippen molar-refractivity contribution in [2.24, 2.45) is 5.41 Å². The van der Waals surface area contributed by atoms with Gasteiger partial charge in [0, 0.05) is 17.7 Å². The van der Waals surface area contributed by atoms with E-state index in [-0.39, 0.29) is 17.2 Å². The summed E-state index contributed by atoms with van der Waals surface area (Å²) in [6.07, 6.45) is 1.23. The molecule has 0 fully saturated rings. The number of carbonyl (C=O) groups is 1. The van der Waals surface area contributed by atoms with Gasteiger partial charge in [0.1, 0.15) is 13.2 Å². The van der Waals surface area contributed by atoms with Crippen LogP contribution < -0.4 is 20.1 Å². The van der Waals surface area contributed by atoms with Gasteiger partial charge in [0.05, 0.1) is 6.04 Å². The van der Waals surface area contributed by atoms with Crippen molar-refractivity contribution in [3.8, 4) is 11.5 Å². The van der Waals surface area contributed by atoms with Crippen LogP contribution in [0.2, 0.25) is 0 Å². The number of rotatable bonds is 1. The molecule has 0 saturated carbocycles. The summed E-state index contributed by atoms with van der Waals surface area (Å²) in [6.45, 7) is 5.23. The molecule has 0 bridgehead atoms. The fourth-order valence-electron chi connectivity index (χ4n) is 3.99. The Hall–Kier alpha value is -3.03. The largest absolute Gasteiger partial charge is 0.486 e. The summed E-state index contributed by atoms with van der Waals surface area (Å²) < 4.78 is 16.2. The van der Waals surface area contributed by atoms with Crippen LogP contribution in [0.1, 0.15) is 38.3 Å². The molecule has 1 aromatic carbocycles. The number of ether oxygens (including phenoxy) is 2. The number of benzene rings is 1. The second-order valence-electron chi connectivity index (χ2n) is 7.90. The van der Waals surface area contributed by atoms with Crippen LogP contribution in [-0.4, -0.2) is 29.3 Å². The van der Waals surface area contributed by atoms with Gasteiger partial charge in [-0.15, -0.1) is 0 Å². The topological polar surface area (TPSA) is 98.5 Å². The first kappa shape index (κ1) is 16.2. The molecule has 8 heteroatoms. The smallest absolute Gasteiger partial charge is 0.219 e. The van der Waals surface area contributed by atoms with Crippen LogP contribution in [0.5, 0.6) is 11.5 Å². The van der Waals surface area contributed by atoms with Gasteiger partial charge >= 0.3 is 0 Å². The molecule has 1 aromatic heterocycles. The molecule has 2 aliphatic heterocycles. The minimum atomic E-state index is -0.375. The van der Waals surface area contributed by atoms with E-state index in [0.717, 1.165) is 17.7 Å². The summed E-state index contributed by atoms with van der Waals surface area (Å²) in [5.74, 6) is 2.49. The van der Waals surface area contributed by atoms with E-state index < -0.39 is 0 Å². The quantitative estimate of drug-likeness (QED) is 0.792. The number of ketones is 1. The number of nitrogens with zero attached hydrogens (tertiary/aromatic N) is 2. The lowest BCUT2D eigenvalue weighted by Gasteiger charge is -2.34. The highest BCUT2D eigenvalue weighted by atomic mass is 16.6. The maximum Gasteiger partial charge on any atom is 0.219 e. The van der Waals surface area contributed by atoms with Gasteiger partial charge in [-0.05, 0) is 39.8 Å². The zero-order valence-corrected chi connectivity index (χ0v) is 15.2. The van der Waals surface area contributed by atoms with Gasteiger partial charge in [-0.2, -0.15) is 0 Å². The van der Waals surface area contributed by atoms with Crippen LogP contribution in [0.3, 0.4) is 0 Å². The maximum atomic E-state index is 13.1. The summed E-state index contributed by atoms with van der Waals surface area (Å²) in [5, 5.41) is 14.5. The van der Waals surface area contributed by atoms with Crippen LogP contribution in [-0.2, 0) is 4.79 Å².